The summed E-state index contributed by atoms with van der Waals surface area (Å²) in [7, 11) is -1.36. The monoisotopic (exact) mass is 831 g/mol. The molecule has 4 heterocycles. The number of hydrogen-bond donors (Lipinski definition) is 3. The maximum atomic E-state index is 15.8. The van der Waals surface area contributed by atoms with Crippen LogP contribution in [0.2, 0.25) is 6.82 Å². The largest absolute Gasteiger partial charge is 0.489 e. The van der Waals surface area contributed by atoms with Gasteiger partial charge in [0.05, 0.1) is 25.1 Å². The molecule has 5 aromatic rings. The van der Waals surface area contributed by atoms with Crippen molar-refractivity contribution >= 4 is 38.7 Å². The molecule has 0 unspecified atom stereocenters. The van der Waals surface area contributed by atoms with Gasteiger partial charge in [0.1, 0.15) is 30.4 Å². The molecule has 0 bridgehead atoms. The van der Waals surface area contributed by atoms with Gasteiger partial charge in [-0.05, 0) is 85.6 Å². The molecule has 4 saturated heterocycles. The van der Waals surface area contributed by atoms with E-state index < -0.39 is 31.1 Å². The van der Waals surface area contributed by atoms with E-state index in [1.165, 1.54) is 0 Å². The van der Waals surface area contributed by atoms with Crippen LogP contribution >= 0.6 is 0 Å². The molecule has 0 saturated carbocycles. The van der Waals surface area contributed by atoms with Gasteiger partial charge in [-0.3, -0.25) is 5.41 Å². The summed E-state index contributed by atoms with van der Waals surface area (Å²) in [5.41, 5.74) is 6.19. The van der Waals surface area contributed by atoms with E-state index in [1.54, 1.807) is 6.82 Å². The van der Waals surface area contributed by atoms with E-state index in [-0.39, 0.29) is 38.6 Å². The fraction of sp³-hybridized carbons (Fsp3) is 0.319. The van der Waals surface area contributed by atoms with Gasteiger partial charge >= 0.3 is 27.2 Å². The number of amidine groups is 1. The van der Waals surface area contributed by atoms with Gasteiger partial charge < -0.3 is 48.3 Å². The zero-order valence-electron chi connectivity index (χ0n) is 35.4. The Balaban J connectivity index is 1.11. The topological polar surface area (TPSA) is 136 Å². The molecule has 4 aliphatic rings. The van der Waals surface area contributed by atoms with Crippen LogP contribution in [0.25, 0.3) is 0 Å². The summed E-state index contributed by atoms with van der Waals surface area (Å²) < 4.78 is 33.1. The molecule has 12 nitrogen and oxygen atoms in total. The Morgan fingerprint density at radius 3 is 1.74 bits per heavy atom. The SMILES string of the molecule is CB(O)Nc1ccc(CN2C(=O)N(Cc3ccc(OCc4ccccc4)cc3)[C@H](Cc3ccccc3)[C@@H]3OC(C)(C)O[C@H]3[C@H]2Cc2ccccc2)cc1C(=N)N(B1CO1)B1CO1. The number of carbonyl (C=O) groups excluding carboxylic acids is 1. The van der Waals surface area contributed by atoms with Gasteiger partial charge in [-0.15, -0.1) is 0 Å². The number of rotatable bonds is 16. The number of nitrogens with one attached hydrogen (secondary N) is 2. The molecule has 4 atom stereocenters. The zero-order chi connectivity index (χ0) is 42.8. The quantitative estimate of drug-likeness (QED) is 0.0429. The second kappa shape index (κ2) is 18.0. The number of urea groups is 1. The minimum Gasteiger partial charge on any atom is -0.489 e. The lowest BCUT2D eigenvalue weighted by molar-refractivity contribution is -0.157. The molecule has 3 N–H and O–H groups in total. The Bertz CT molecular complexity index is 2310. The number of anilines is 1. The van der Waals surface area contributed by atoms with Gasteiger partial charge in [0.2, 0.25) is 0 Å². The van der Waals surface area contributed by atoms with Crippen molar-refractivity contribution in [2.75, 3.05) is 18.2 Å². The molecule has 4 fully saturated rings. The smallest absolute Gasteiger partial charge is 0.430 e. The van der Waals surface area contributed by atoms with Crippen molar-refractivity contribution in [3.05, 3.63) is 167 Å². The average Bonchev–Trinajstić information content (AvgIpc) is 4.23. The van der Waals surface area contributed by atoms with E-state index in [9.17, 15) is 10.4 Å². The van der Waals surface area contributed by atoms with Crippen LogP contribution in [0.5, 0.6) is 5.75 Å². The van der Waals surface area contributed by atoms with E-state index in [2.05, 4.69) is 29.5 Å². The van der Waals surface area contributed by atoms with Gasteiger partial charge in [-0.2, -0.15) is 0 Å². The Labute approximate surface area is 365 Å². The van der Waals surface area contributed by atoms with Crippen LogP contribution in [0.3, 0.4) is 0 Å². The number of ether oxygens (including phenoxy) is 3. The zero-order valence-corrected chi connectivity index (χ0v) is 35.4. The van der Waals surface area contributed by atoms with Gasteiger partial charge in [0, 0.05) is 24.3 Å². The van der Waals surface area contributed by atoms with Crippen LogP contribution in [-0.2, 0) is 51.3 Å². The summed E-state index contributed by atoms with van der Waals surface area (Å²) in [5.74, 6) is 0.0531. The Morgan fingerprint density at radius 1 is 0.758 bits per heavy atom. The van der Waals surface area contributed by atoms with E-state index in [0.717, 1.165) is 33.6 Å². The summed E-state index contributed by atoms with van der Waals surface area (Å²) in [6.45, 7) is 7.57. The normalized spacial score (nSPS) is 21.3. The van der Waals surface area contributed by atoms with Crippen molar-refractivity contribution < 1.29 is 33.3 Å². The minimum atomic E-state index is -0.912. The first-order valence-corrected chi connectivity index (χ1v) is 21.5. The van der Waals surface area contributed by atoms with Crippen molar-refractivity contribution in [2.45, 2.75) is 83.3 Å². The van der Waals surface area contributed by atoms with Crippen LogP contribution in [0.15, 0.2) is 133 Å². The fourth-order valence-corrected chi connectivity index (χ4v) is 8.83. The molecule has 9 rings (SSSR count). The van der Waals surface area contributed by atoms with Crippen molar-refractivity contribution in [1.82, 2.24) is 14.5 Å². The first-order chi connectivity index (χ1) is 30.1. The first-order valence-electron chi connectivity index (χ1n) is 21.5. The van der Waals surface area contributed by atoms with E-state index in [1.807, 2.05) is 138 Å². The van der Waals surface area contributed by atoms with Crippen LogP contribution in [0.1, 0.15) is 47.2 Å². The highest BCUT2D eigenvalue weighted by atomic mass is 16.8. The maximum Gasteiger partial charge on any atom is 0.430 e. The predicted molar refractivity (Wildman–Crippen MR) is 241 cm³/mol. The first kappa shape index (κ1) is 41.8. The van der Waals surface area contributed by atoms with Crippen molar-refractivity contribution in [3.8, 4) is 5.75 Å². The summed E-state index contributed by atoms with van der Waals surface area (Å²) in [6, 6.07) is 43.4. The van der Waals surface area contributed by atoms with E-state index in [0.29, 0.717) is 50.3 Å². The molecule has 0 aliphatic carbocycles. The number of hydrogen-bond acceptors (Lipinski definition) is 9. The molecule has 0 aromatic heterocycles. The summed E-state index contributed by atoms with van der Waals surface area (Å²) in [4.78, 5) is 19.7. The maximum absolute atomic E-state index is 15.8. The Kier molecular flexibility index (Phi) is 12.2. The second-order valence-corrected chi connectivity index (χ2v) is 17.1. The minimum absolute atomic E-state index is 0.141. The van der Waals surface area contributed by atoms with Crippen molar-refractivity contribution in [2.24, 2.45) is 0 Å². The molecule has 5 aromatic carbocycles. The highest BCUT2D eigenvalue weighted by molar-refractivity contribution is 6.78. The lowest BCUT2D eigenvalue weighted by Crippen LogP contribution is -2.51. The van der Waals surface area contributed by atoms with Gasteiger partial charge in [-0.1, -0.05) is 109 Å². The number of benzene rings is 5. The summed E-state index contributed by atoms with van der Waals surface area (Å²) in [6.07, 6.45) is 0.141. The third-order valence-corrected chi connectivity index (χ3v) is 11.9. The molecule has 4 aliphatic heterocycles. The lowest BCUT2D eigenvalue weighted by atomic mass is 9.75. The Hall–Kier alpha value is -5.57. The van der Waals surface area contributed by atoms with Gasteiger partial charge in [-0.25, -0.2) is 4.79 Å². The van der Waals surface area contributed by atoms with Crippen molar-refractivity contribution in [1.29, 1.82) is 5.41 Å². The van der Waals surface area contributed by atoms with Gasteiger partial charge in [0.15, 0.2) is 5.79 Å². The summed E-state index contributed by atoms with van der Waals surface area (Å²) >= 11 is 0. The molecular formula is C47H52B3N5O7. The third kappa shape index (κ3) is 9.72. The van der Waals surface area contributed by atoms with Crippen molar-refractivity contribution in [3.63, 3.8) is 0 Å². The molecule has 2 amide bonds. The Morgan fingerprint density at radius 2 is 1.24 bits per heavy atom. The lowest BCUT2D eigenvalue weighted by Gasteiger charge is -2.37. The molecule has 0 spiro atoms. The number of amides is 2. The molecule has 15 heteroatoms. The summed E-state index contributed by atoms with van der Waals surface area (Å²) in [5, 5.41) is 23.0. The van der Waals surface area contributed by atoms with Crippen LogP contribution in [0.4, 0.5) is 10.5 Å². The number of nitrogens with zero attached hydrogens (tertiary/aromatic N) is 3. The predicted octanol–water partition coefficient (Wildman–Crippen LogP) is 6.71. The molecular weight excluding hydrogens is 779 g/mol. The molecule has 62 heavy (non-hydrogen) atoms. The fourth-order valence-electron chi connectivity index (χ4n) is 8.83. The van der Waals surface area contributed by atoms with Crippen LogP contribution < -0.4 is 9.96 Å². The standard InChI is InChI=1S/C47H52B3N5O7/c1-47(2)61-43-41(26-33-13-7-4-8-14-33)53(28-35-19-22-38(23-20-35)58-30-36-17-11-6-12-18-36)46(56)54(42(44(43)62-47)27-34-15-9-5-10-16-34)29-37-21-24-40(52-48(3)57)39(25-37)45(51)55(49-31-59-49)50-32-60-50/h4-25,41-44,51-52,57H,26-32H2,1-3H3/t41-,42-,43+,44+/m1/s1. The number of fused-ring (bicyclic) bond motifs is 1. The highest BCUT2D eigenvalue weighted by Gasteiger charge is 2.56. The average molecular weight is 831 g/mol. The molecule has 0 radical (unpaired) electrons. The number of carbonyl (C=O) groups is 1. The van der Waals surface area contributed by atoms with E-state index in [4.69, 9.17) is 23.5 Å². The third-order valence-electron chi connectivity index (χ3n) is 11.9. The van der Waals surface area contributed by atoms with Gasteiger partial charge in [0.25, 0.3) is 0 Å². The van der Waals surface area contributed by atoms with E-state index >= 15 is 4.79 Å². The molecule has 316 valence electrons. The highest BCUT2D eigenvalue weighted by Crippen LogP contribution is 2.41. The van der Waals surface area contributed by atoms with Crippen LogP contribution in [0, 0.1) is 5.41 Å². The second-order valence-electron chi connectivity index (χ2n) is 17.1. The van der Waals surface area contributed by atoms with Crippen LogP contribution in [-0.4, -0.2) is 95.7 Å².